The van der Waals surface area contributed by atoms with Crippen LogP contribution >= 0.6 is 0 Å². The Morgan fingerprint density at radius 3 is 2.67 bits per heavy atom. The summed E-state index contributed by atoms with van der Waals surface area (Å²) in [7, 11) is 2.04. The van der Waals surface area contributed by atoms with Crippen LogP contribution in [0.15, 0.2) is 54.9 Å². The minimum absolute atomic E-state index is 1.00. The van der Waals surface area contributed by atoms with Gasteiger partial charge in [-0.2, -0.15) is 0 Å². The topological polar surface area (TPSA) is 22.7 Å². The van der Waals surface area contributed by atoms with E-state index >= 15 is 0 Å². The van der Waals surface area contributed by atoms with Gasteiger partial charge in [-0.1, -0.05) is 30.3 Å². The molecule has 2 aromatic heterocycles. The Hall–Kier alpha value is -3.07. The van der Waals surface area contributed by atoms with E-state index in [0.717, 1.165) is 32.7 Å². The molecule has 3 aromatic carbocycles. The molecule has 5 aromatic rings. The normalized spacial score (nSPS) is 11.9. The number of rotatable bonds is 0. The van der Waals surface area contributed by atoms with Crippen LogP contribution in [-0.4, -0.2) is 4.98 Å². The highest BCUT2D eigenvalue weighted by molar-refractivity contribution is 6.20. The van der Waals surface area contributed by atoms with Gasteiger partial charge in [-0.25, -0.2) is 4.57 Å². The number of fused-ring (bicyclic) bond motifs is 4. The summed E-state index contributed by atoms with van der Waals surface area (Å²) in [6.45, 7) is 8.65. The van der Waals surface area contributed by atoms with Gasteiger partial charge in [-0.05, 0) is 41.1 Å². The summed E-state index contributed by atoms with van der Waals surface area (Å²) in [5.41, 5.74) is 5.42. The third kappa shape index (κ3) is 1.54. The number of hydrogen-bond donors (Lipinski definition) is 0. The van der Waals surface area contributed by atoms with Crippen LogP contribution in [0, 0.1) is 13.6 Å². The van der Waals surface area contributed by atoms with Gasteiger partial charge < -0.3 is 4.24 Å². The fourth-order valence-electron chi connectivity index (χ4n) is 3.84. The third-order valence-electron chi connectivity index (χ3n) is 4.96. The van der Waals surface area contributed by atoms with E-state index in [2.05, 4.69) is 54.0 Å². The van der Waals surface area contributed by atoms with Crippen LogP contribution in [0.3, 0.4) is 0 Å². The van der Waals surface area contributed by atoms with E-state index in [1.807, 2.05) is 19.4 Å². The van der Waals surface area contributed by atoms with Crippen molar-refractivity contribution in [3.05, 3.63) is 67.1 Å². The Morgan fingerprint density at radius 1 is 0.958 bits per heavy atom. The predicted molar refractivity (Wildman–Crippen MR) is 95.7 cm³/mol. The van der Waals surface area contributed by atoms with Crippen LogP contribution in [0.5, 0.6) is 0 Å². The average Bonchev–Trinajstić information content (AvgIpc) is 2.60. The van der Waals surface area contributed by atoms with Crippen molar-refractivity contribution in [3.8, 4) is 0 Å². The minimum atomic E-state index is 1.00. The molecule has 0 aliphatic heterocycles. The standard InChI is InChI=1S/C21H16N3/c1-13-7-6-10-16-18(13)21-19-17(24(16)3)11-14-8-4-5-9-15(14)20(19)22-12-23(21)2/h3-12H,1-2H3/q+1. The summed E-state index contributed by atoms with van der Waals surface area (Å²) >= 11 is 0. The van der Waals surface area contributed by atoms with Gasteiger partial charge in [0.15, 0.2) is 5.52 Å². The van der Waals surface area contributed by atoms with Crippen molar-refractivity contribution in [2.45, 2.75) is 6.92 Å². The van der Waals surface area contributed by atoms with Gasteiger partial charge in [0, 0.05) is 10.8 Å². The smallest absolute Gasteiger partial charge is 0.287 e. The van der Waals surface area contributed by atoms with Gasteiger partial charge in [0.1, 0.15) is 16.6 Å². The van der Waals surface area contributed by atoms with Crippen molar-refractivity contribution in [2.75, 3.05) is 0 Å². The van der Waals surface area contributed by atoms with E-state index in [9.17, 15) is 0 Å². The van der Waals surface area contributed by atoms with Gasteiger partial charge in [-0.3, -0.25) is 0 Å². The van der Waals surface area contributed by atoms with Crippen molar-refractivity contribution in [1.82, 2.24) is 4.98 Å². The van der Waals surface area contributed by atoms with Gasteiger partial charge >= 0.3 is 0 Å². The first kappa shape index (κ1) is 13.4. The molecule has 0 atom stereocenters. The van der Waals surface area contributed by atoms with Crippen molar-refractivity contribution < 1.29 is 8.81 Å². The summed E-state index contributed by atoms with van der Waals surface area (Å²) in [6.07, 6.45) is 1.90. The number of aromatic nitrogens is 3. The number of benzene rings is 3. The molecule has 0 saturated carbocycles. The molecule has 3 heteroatoms. The van der Waals surface area contributed by atoms with Crippen molar-refractivity contribution in [3.63, 3.8) is 0 Å². The quantitative estimate of drug-likeness (QED) is 0.186. The molecular weight excluding hydrogens is 294 g/mol. The highest BCUT2D eigenvalue weighted by atomic mass is 15.0. The van der Waals surface area contributed by atoms with E-state index in [1.54, 1.807) is 4.24 Å². The lowest BCUT2D eigenvalue weighted by molar-refractivity contribution is -0.647. The van der Waals surface area contributed by atoms with Crippen LogP contribution in [0.1, 0.15) is 5.56 Å². The van der Waals surface area contributed by atoms with Crippen molar-refractivity contribution in [2.24, 2.45) is 7.05 Å². The molecule has 0 bridgehead atoms. The van der Waals surface area contributed by atoms with Crippen molar-refractivity contribution >= 4 is 43.6 Å². The summed E-state index contributed by atoms with van der Waals surface area (Å²) in [6, 6.07) is 16.8. The maximum absolute atomic E-state index is 6.52. The Labute approximate surface area is 139 Å². The van der Waals surface area contributed by atoms with Crippen LogP contribution in [0.2, 0.25) is 0 Å². The monoisotopic (exact) mass is 310 g/mol. The average molecular weight is 310 g/mol. The lowest BCUT2D eigenvalue weighted by atomic mass is 9.99. The molecule has 2 heterocycles. The van der Waals surface area contributed by atoms with Crippen LogP contribution in [-0.2, 0) is 7.05 Å². The molecule has 24 heavy (non-hydrogen) atoms. The largest absolute Gasteiger partial charge is 0.326 e. The minimum Gasteiger partial charge on any atom is -0.326 e. The molecule has 0 N–H and O–H groups in total. The van der Waals surface area contributed by atoms with E-state index in [-0.39, 0.29) is 0 Å². The highest BCUT2D eigenvalue weighted by Crippen LogP contribution is 2.32. The van der Waals surface area contributed by atoms with Gasteiger partial charge in [0.25, 0.3) is 6.33 Å². The third-order valence-corrected chi connectivity index (χ3v) is 4.96. The fraction of sp³-hybridized carbons (Fsp3) is 0.0952. The maximum atomic E-state index is 6.52. The molecule has 0 aliphatic carbocycles. The molecule has 0 spiro atoms. The highest BCUT2D eigenvalue weighted by Gasteiger charge is 2.20. The van der Waals surface area contributed by atoms with Gasteiger partial charge in [-0.15, -0.1) is 0 Å². The second-order valence-corrected chi connectivity index (χ2v) is 6.38. The fourth-order valence-corrected chi connectivity index (χ4v) is 3.84. The lowest BCUT2D eigenvalue weighted by Crippen LogP contribution is -2.32. The SMILES string of the molecule is [CH-]=[n+]1c2cccc(C)c2c2c3c(nc[n+]2C)c2ccccc2cc31. The molecule has 0 saturated heterocycles. The van der Waals surface area contributed by atoms with Gasteiger partial charge in [0.2, 0.25) is 0 Å². The maximum Gasteiger partial charge on any atom is 0.287 e. The lowest BCUT2D eigenvalue weighted by Gasteiger charge is -2.12. The molecular formula is C21H16N3+. The Kier molecular flexibility index (Phi) is 2.50. The number of nitrogens with zero attached hydrogens (tertiary/aromatic N) is 3. The Bertz CT molecular complexity index is 1340. The molecule has 0 fully saturated rings. The number of aryl methyl sites for hydroxylation is 2. The summed E-state index contributed by atoms with van der Waals surface area (Å²) < 4.78 is 3.89. The molecule has 0 aliphatic rings. The number of pyridine rings is 1. The van der Waals surface area contributed by atoms with E-state index < -0.39 is 0 Å². The van der Waals surface area contributed by atoms with Gasteiger partial charge in [0.05, 0.1) is 19.2 Å². The zero-order valence-corrected chi connectivity index (χ0v) is 13.6. The molecule has 3 nitrogen and oxygen atoms in total. The Balaban J connectivity index is 2.28. The molecule has 5 rings (SSSR count). The van der Waals surface area contributed by atoms with Crippen LogP contribution in [0.25, 0.3) is 43.6 Å². The zero-order chi connectivity index (χ0) is 16.4. The predicted octanol–water partition coefficient (Wildman–Crippen LogP) is 3.35. The second-order valence-electron chi connectivity index (χ2n) is 6.38. The first-order valence-corrected chi connectivity index (χ1v) is 8.01. The first-order valence-electron chi connectivity index (χ1n) is 8.01. The van der Waals surface area contributed by atoms with E-state index in [0.29, 0.717) is 0 Å². The molecule has 0 radical (unpaired) electrons. The molecule has 114 valence electrons. The van der Waals surface area contributed by atoms with E-state index in [1.165, 1.54) is 16.5 Å². The summed E-state index contributed by atoms with van der Waals surface area (Å²) in [5.74, 6) is 0. The van der Waals surface area contributed by atoms with E-state index in [4.69, 9.17) is 11.7 Å². The van der Waals surface area contributed by atoms with Crippen LogP contribution < -0.4 is 8.81 Å². The molecule has 0 unspecified atom stereocenters. The second kappa shape index (κ2) is 4.48. The van der Waals surface area contributed by atoms with Crippen LogP contribution in [0.4, 0.5) is 0 Å². The van der Waals surface area contributed by atoms with Crippen molar-refractivity contribution in [1.29, 1.82) is 0 Å². The molecule has 0 amide bonds. The first-order chi connectivity index (χ1) is 11.7. The number of hydrogen-bond acceptors (Lipinski definition) is 1. The summed E-state index contributed by atoms with van der Waals surface area (Å²) in [4.78, 5) is 4.73. The Morgan fingerprint density at radius 2 is 1.79 bits per heavy atom. The summed E-state index contributed by atoms with van der Waals surface area (Å²) in [5, 5.41) is 4.60. The zero-order valence-electron chi connectivity index (χ0n) is 13.6.